The minimum atomic E-state index is -3.72. The number of esters is 2. The standard InChI is InChI=1S/C16H14N2O6S/c1-9-13-14(16(20)24-15(13)19)11-8-10(2-3-12(11)17-9)25(21,22)18-4-6-23-7-5-18/h2-3,8H,4-7H2,1H3. The molecule has 4 rings (SSSR count). The molecule has 9 heteroatoms. The third-order valence-electron chi connectivity index (χ3n) is 4.34. The lowest BCUT2D eigenvalue weighted by Crippen LogP contribution is -2.40. The number of aryl methyl sites for hydroxylation is 1. The molecular weight excluding hydrogens is 348 g/mol. The summed E-state index contributed by atoms with van der Waals surface area (Å²) in [5.41, 5.74) is 0.982. The number of benzene rings is 1. The smallest absolute Gasteiger partial charge is 0.348 e. The van der Waals surface area contributed by atoms with Gasteiger partial charge in [-0.2, -0.15) is 4.31 Å². The van der Waals surface area contributed by atoms with Crippen molar-refractivity contribution in [3.05, 3.63) is 35.0 Å². The second-order valence-electron chi connectivity index (χ2n) is 5.82. The molecule has 1 fully saturated rings. The summed E-state index contributed by atoms with van der Waals surface area (Å²) in [7, 11) is -3.72. The van der Waals surface area contributed by atoms with Gasteiger partial charge in [-0.3, -0.25) is 4.98 Å². The van der Waals surface area contributed by atoms with Crippen molar-refractivity contribution in [3.63, 3.8) is 0 Å². The number of hydrogen-bond donors (Lipinski definition) is 0. The summed E-state index contributed by atoms with van der Waals surface area (Å²) in [4.78, 5) is 28.2. The maximum atomic E-state index is 12.8. The van der Waals surface area contributed by atoms with E-state index in [2.05, 4.69) is 9.72 Å². The molecular formula is C16H14N2O6S. The van der Waals surface area contributed by atoms with Crippen LogP contribution in [0.25, 0.3) is 10.9 Å². The highest BCUT2D eigenvalue weighted by Gasteiger charge is 2.35. The first-order chi connectivity index (χ1) is 11.9. The summed E-state index contributed by atoms with van der Waals surface area (Å²) in [6.45, 7) is 2.82. The number of aromatic nitrogens is 1. The molecule has 0 N–H and O–H groups in total. The van der Waals surface area contributed by atoms with Gasteiger partial charge in [-0.05, 0) is 25.1 Å². The normalized spacial score (nSPS) is 18.4. The summed E-state index contributed by atoms with van der Waals surface area (Å²) in [6, 6.07) is 4.37. The average molecular weight is 362 g/mol. The van der Waals surface area contributed by atoms with E-state index in [0.717, 1.165) is 0 Å². The van der Waals surface area contributed by atoms with Crippen LogP contribution in [0.5, 0.6) is 0 Å². The van der Waals surface area contributed by atoms with Crippen LogP contribution >= 0.6 is 0 Å². The van der Waals surface area contributed by atoms with Gasteiger partial charge in [0.2, 0.25) is 10.0 Å². The molecule has 0 atom stereocenters. The van der Waals surface area contributed by atoms with Gasteiger partial charge in [0.1, 0.15) is 0 Å². The van der Waals surface area contributed by atoms with E-state index in [9.17, 15) is 18.0 Å². The Morgan fingerprint density at radius 2 is 1.76 bits per heavy atom. The summed E-state index contributed by atoms with van der Waals surface area (Å²) in [6.07, 6.45) is 0. The van der Waals surface area contributed by atoms with Gasteiger partial charge in [0.15, 0.2) is 0 Å². The number of ether oxygens (including phenoxy) is 2. The predicted molar refractivity (Wildman–Crippen MR) is 85.8 cm³/mol. The number of hydrogen-bond acceptors (Lipinski definition) is 7. The topological polar surface area (TPSA) is 103 Å². The lowest BCUT2D eigenvalue weighted by atomic mass is 10.0. The molecule has 1 saturated heterocycles. The molecule has 2 aliphatic rings. The number of sulfonamides is 1. The number of nitrogens with zero attached hydrogens (tertiary/aromatic N) is 2. The van der Waals surface area contributed by atoms with Gasteiger partial charge in [0.05, 0.1) is 40.4 Å². The maximum Gasteiger partial charge on any atom is 0.348 e. The summed E-state index contributed by atoms with van der Waals surface area (Å²) in [5, 5.41) is 0.297. The molecule has 0 aliphatic carbocycles. The van der Waals surface area contributed by atoms with E-state index in [1.165, 1.54) is 22.5 Å². The lowest BCUT2D eigenvalue weighted by molar-refractivity contribution is 0.0444. The minimum Gasteiger partial charge on any atom is -0.386 e. The van der Waals surface area contributed by atoms with Crippen LogP contribution in [0.1, 0.15) is 26.4 Å². The molecule has 0 radical (unpaired) electrons. The molecule has 1 aromatic carbocycles. The number of rotatable bonds is 2. The Labute approximate surface area is 143 Å². The van der Waals surface area contributed by atoms with Crippen molar-refractivity contribution in [2.75, 3.05) is 26.3 Å². The fourth-order valence-electron chi connectivity index (χ4n) is 3.11. The molecule has 1 aromatic heterocycles. The van der Waals surface area contributed by atoms with Crippen molar-refractivity contribution >= 4 is 32.9 Å². The maximum absolute atomic E-state index is 12.8. The Morgan fingerprint density at radius 3 is 2.48 bits per heavy atom. The van der Waals surface area contributed by atoms with E-state index in [-0.39, 0.29) is 29.1 Å². The summed E-state index contributed by atoms with van der Waals surface area (Å²) in [5.74, 6) is -1.54. The summed E-state index contributed by atoms with van der Waals surface area (Å²) < 4.78 is 36.8. The third-order valence-corrected chi connectivity index (χ3v) is 6.23. The van der Waals surface area contributed by atoms with Gasteiger partial charge in [-0.25, -0.2) is 18.0 Å². The highest BCUT2D eigenvalue weighted by Crippen LogP contribution is 2.31. The van der Waals surface area contributed by atoms with Crippen molar-refractivity contribution in [1.29, 1.82) is 0 Å². The third kappa shape index (κ3) is 2.43. The number of carbonyl (C=O) groups excluding carboxylic acids is 2. The van der Waals surface area contributed by atoms with Crippen molar-refractivity contribution in [2.45, 2.75) is 11.8 Å². The molecule has 0 saturated carbocycles. The summed E-state index contributed by atoms with van der Waals surface area (Å²) >= 11 is 0. The molecule has 130 valence electrons. The van der Waals surface area contributed by atoms with E-state index in [0.29, 0.717) is 29.8 Å². The Kier molecular flexibility index (Phi) is 3.60. The largest absolute Gasteiger partial charge is 0.386 e. The molecule has 0 spiro atoms. The molecule has 3 heterocycles. The molecule has 25 heavy (non-hydrogen) atoms. The quantitative estimate of drug-likeness (QED) is 0.577. The van der Waals surface area contributed by atoms with E-state index in [1.807, 2.05) is 0 Å². The number of morpholine rings is 1. The van der Waals surface area contributed by atoms with E-state index in [1.54, 1.807) is 6.92 Å². The highest BCUT2D eigenvalue weighted by molar-refractivity contribution is 7.89. The first kappa shape index (κ1) is 16.1. The fourth-order valence-corrected chi connectivity index (χ4v) is 4.54. The van der Waals surface area contributed by atoms with Crippen molar-refractivity contribution in [3.8, 4) is 0 Å². The molecule has 8 nitrogen and oxygen atoms in total. The van der Waals surface area contributed by atoms with Crippen LogP contribution in [0, 0.1) is 6.92 Å². The van der Waals surface area contributed by atoms with Gasteiger partial charge < -0.3 is 9.47 Å². The second kappa shape index (κ2) is 5.58. The van der Waals surface area contributed by atoms with Crippen LogP contribution in [-0.2, 0) is 19.5 Å². The zero-order chi connectivity index (χ0) is 17.8. The SMILES string of the molecule is Cc1nc2ccc(S(=O)(=O)N3CCOCC3)cc2c2c1C(=O)OC2=O. The zero-order valence-electron chi connectivity index (χ0n) is 13.3. The van der Waals surface area contributed by atoms with Gasteiger partial charge >= 0.3 is 11.9 Å². The monoisotopic (exact) mass is 362 g/mol. The van der Waals surface area contributed by atoms with Gasteiger partial charge in [0.25, 0.3) is 0 Å². The lowest BCUT2D eigenvalue weighted by Gasteiger charge is -2.26. The number of pyridine rings is 1. The van der Waals surface area contributed by atoms with Crippen LogP contribution in [0.3, 0.4) is 0 Å². The fraction of sp³-hybridized carbons (Fsp3) is 0.312. The number of fused-ring (bicyclic) bond motifs is 3. The van der Waals surface area contributed by atoms with Crippen LogP contribution in [0.2, 0.25) is 0 Å². The first-order valence-electron chi connectivity index (χ1n) is 7.68. The number of carbonyl (C=O) groups is 2. The van der Waals surface area contributed by atoms with Crippen LogP contribution in [0.15, 0.2) is 23.1 Å². The molecule has 2 aliphatic heterocycles. The Bertz CT molecular complexity index is 1020. The van der Waals surface area contributed by atoms with Crippen molar-refractivity contribution < 1.29 is 27.5 Å². The Hall–Kier alpha value is -2.36. The van der Waals surface area contributed by atoms with Gasteiger partial charge in [0, 0.05) is 18.5 Å². The minimum absolute atomic E-state index is 0.0434. The van der Waals surface area contributed by atoms with Gasteiger partial charge in [-0.15, -0.1) is 0 Å². The molecule has 2 aromatic rings. The van der Waals surface area contributed by atoms with Crippen LogP contribution in [-0.4, -0.2) is 55.9 Å². The molecule has 0 unspecified atom stereocenters. The van der Waals surface area contributed by atoms with E-state index in [4.69, 9.17) is 4.74 Å². The van der Waals surface area contributed by atoms with Crippen molar-refractivity contribution in [1.82, 2.24) is 9.29 Å². The van der Waals surface area contributed by atoms with E-state index >= 15 is 0 Å². The highest BCUT2D eigenvalue weighted by atomic mass is 32.2. The van der Waals surface area contributed by atoms with Crippen LogP contribution in [0.4, 0.5) is 0 Å². The molecule has 0 amide bonds. The van der Waals surface area contributed by atoms with Gasteiger partial charge in [-0.1, -0.05) is 0 Å². The first-order valence-corrected chi connectivity index (χ1v) is 9.12. The van der Waals surface area contributed by atoms with Crippen molar-refractivity contribution in [2.24, 2.45) is 0 Å². The van der Waals surface area contributed by atoms with E-state index < -0.39 is 22.0 Å². The zero-order valence-corrected chi connectivity index (χ0v) is 14.1. The Morgan fingerprint density at radius 1 is 1.08 bits per heavy atom. The Balaban J connectivity index is 1.91. The van der Waals surface area contributed by atoms with Crippen LogP contribution < -0.4 is 0 Å². The second-order valence-corrected chi connectivity index (χ2v) is 7.76. The number of cyclic esters (lactones) is 2. The predicted octanol–water partition coefficient (Wildman–Crippen LogP) is 0.875. The average Bonchev–Trinajstić information content (AvgIpc) is 2.91. The molecule has 0 bridgehead atoms.